The molecule has 0 spiro atoms. The SMILES string of the molecule is CCNCCNC(=O)CCSc1ccc2c(c1)OCCCO2.Cl. The number of amides is 1. The van der Waals surface area contributed by atoms with Crippen molar-refractivity contribution in [3.05, 3.63) is 18.2 Å². The van der Waals surface area contributed by atoms with E-state index >= 15 is 0 Å². The van der Waals surface area contributed by atoms with Crippen molar-refractivity contribution >= 4 is 30.1 Å². The number of hydrogen-bond acceptors (Lipinski definition) is 5. The first-order valence-corrected chi connectivity index (χ1v) is 8.78. The van der Waals surface area contributed by atoms with Crippen LogP contribution >= 0.6 is 24.2 Å². The van der Waals surface area contributed by atoms with Gasteiger partial charge in [-0.1, -0.05) is 6.92 Å². The second-order valence-electron chi connectivity index (χ2n) is 4.96. The molecule has 0 bridgehead atoms. The molecule has 0 unspecified atom stereocenters. The molecule has 2 rings (SSSR count). The zero-order valence-electron chi connectivity index (χ0n) is 13.4. The van der Waals surface area contributed by atoms with E-state index in [1.165, 1.54) is 0 Å². The van der Waals surface area contributed by atoms with Gasteiger partial charge in [0.05, 0.1) is 13.2 Å². The number of ether oxygens (including phenoxy) is 2. The summed E-state index contributed by atoms with van der Waals surface area (Å²) < 4.78 is 11.3. The van der Waals surface area contributed by atoms with Gasteiger partial charge in [0.2, 0.25) is 5.91 Å². The molecule has 7 heteroatoms. The fraction of sp³-hybridized carbons (Fsp3) is 0.562. The molecule has 0 radical (unpaired) electrons. The highest BCUT2D eigenvalue weighted by Gasteiger charge is 2.11. The van der Waals surface area contributed by atoms with E-state index in [4.69, 9.17) is 9.47 Å². The number of thioether (sulfide) groups is 1. The molecular weight excluding hydrogens is 336 g/mol. The molecule has 5 nitrogen and oxygen atoms in total. The molecule has 0 fully saturated rings. The molecule has 1 aliphatic heterocycles. The lowest BCUT2D eigenvalue weighted by molar-refractivity contribution is -0.120. The fourth-order valence-corrected chi connectivity index (χ4v) is 2.93. The maximum absolute atomic E-state index is 11.7. The number of likely N-dealkylation sites (N-methyl/N-ethyl adjacent to an activating group) is 1. The summed E-state index contributed by atoms with van der Waals surface area (Å²) >= 11 is 1.66. The Morgan fingerprint density at radius 1 is 1.22 bits per heavy atom. The molecule has 0 saturated heterocycles. The van der Waals surface area contributed by atoms with Crippen LogP contribution in [-0.4, -0.2) is 44.5 Å². The lowest BCUT2D eigenvalue weighted by Crippen LogP contribution is -2.31. The number of rotatable bonds is 8. The summed E-state index contributed by atoms with van der Waals surface area (Å²) in [6.07, 6.45) is 1.43. The van der Waals surface area contributed by atoms with Crippen molar-refractivity contribution in [2.24, 2.45) is 0 Å². The summed E-state index contributed by atoms with van der Waals surface area (Å²) in [5.74, 6) is 2.47. The minimum atomic E-state index is 0. The molecule has 1 amide bonds. The van der Waals surface area contributed by atoms with Gasteiger partial charge in [0.25, 0.3) is 0 Å². The van der Waals surface area contributed by atoms with Gasteiger partial charge in [-0.25, -0.2) is 0 Å². The lowest BCUT2D eigenvalue weighted by atomic mass is 10.3. The van der Waals surface area contributed by atoms with E-state index in [2.05, 4.69) is 10.6 Å². The van der Waals surface area contributed by atoms with Crippen molar-refractivity contribution in [2.45, 2.75) is 24.7 Å². The molecule has 1 aliphatic rings. The van der Waals surface area contributed by atoms with E-state index in [1.807, 2.05) is 25.1 Å². The number of nitrogens with one attached hydrogen (secondary N) is 2. The Morgan fingerprint density at radius 3 is 2.78 bits per heavy atom. The van der Waals surface area contributed by atoms with Crippen LogP contribution in [0.5, 0.6) is 11.5 Å². The zero-order chi connectivity index (χ0) is 15.6. The normalized spacial score (nSPS) is 12.9. The van der Waals surface area contributed by atoms with Crippen LogP contribution in [0.4, 0.5) is 0 Å². The van der Waals surface area contributed by atoms with Crippen LogP contribution in [0.15, 0.2) is 23.1 Å². The van der Waals surface area contributed by atoms with E-state index in [0.29, 0.717) is 26.2 Å². The average Bonchev–Trinajstić information content (AvgIpc) is 2.76. The molecule has 0 aliphatic carbocycles. The van der Waals surface area contributed by atoms with Gasteiger partial charge in [0.15, 0.2) is 11.5 Å². The van der Waals surface area contributed by atoms with E-state index in [1.54, 1.807) is 11.8 Å². The number of benzene rings is 1. The Kier molecular flexibility index (Phi) is 9.91. The summed E-state index contributed by atoms with van der Waals surface area (Å²) in [5.41, 5.74) is 0. The van der Waals surface area contributed by atoms with E-state index < -0.39 is 0 Å². The van der Waals surface area contributed by atoms with Gasteiger partial charge < -0.3 is 20.1 Å². The van der Waals surface area contributed by atoms with E-state index in [9.17, 15) is 4.79 Å². The van der Waals surface area contributed by atoms with Gasteiger partial charge >= 0.3 is 0 Å². The minimum Gasteiger partial charge on any atom is -0.490 e. The number of halogens is 1. The smallest absolute Gasteiger partial charge is 0.220 e. The highest BCUT2D eigenvalue weighted by Crippen LogP contribution is 2.33. The van der Waals surface area contributed by atoms with Crippen molar-refractivity contribution in [1.29, 1.82) is 0 Å². The molecule has 1 heterocycles. The summed E-state index contributed by atoms with van der Waals surface area (Å²) in [4.78, 5) is 12.8. The van der Waals surface area contributed by atoms with E-state index in [0.717, 1.165) is 41.7 Å². The molecule has 2 N–H and O–H groups in total. The van der Waals surface area contributed by atoms with Gasteiger partial charge in [0, 0.05) is 36.6 Å². The van der Waals surface area contributed by atoms with Crippen molar-refractivity contribution in [1.82, 2.24) is 10.6 Å². The fourth-order valence-electron chi connectivity index (χ4n) is 2.05. The average molecular weight is 361 g/mol. The highest BCUT2D eigenvalue weighted by atomic mass is 35.5. The predicted molar refractivity (Wildman–Crippen MR) is 96.2 cm³/mol. The molecule has 0 atom stereocenters. The standard InChI is InChI=1S/C16H24N2O3S.ClH/c1-2-17-7-8-18-16(19)6-11-22-13-4-5-14-15(12-13)21-10-3-9-20-14;/h4-5,12,17H,2-3,6-11H2,1H3,(H,18,19);1H. The molecule has 23 heavy (non-hydrogen) atoms. The topological polar surface area (TPSA) is 59.6 Å². The highest BCUT2D eigenvalue weighted by molar-refractivity contribution is 7.99. The first kappa shape index (κ1) is 19.9. The van der Waals surface area contributed by atoms with Crippen LogP contribution in [0.3, 0.4) is 0 Å². The zero-order valence-corrected chi connectivity index (χ0v) is 15.1. The number of carbonyl (C=O) groups excluding carboxylic acids is 1. The van der Waals surface area contributed by atoms with Crippen molar-refractivity contribution in [3.8, 4) is 11.5 Å². The van der Waals surface area contributed by atoms with Crippen LogP contribution in [0, 0.1) is 0 Å². The second-order valence-corrected chi connectivity index (χ2v) is 6.13. The predicted octanol–water partition coefficient (Wildman–Crippen LogP) is 2.48. The maximum atomic E-state index is 11.7. The minimum absolute atomic E-state index is 0. The quantitative estimate of drug-likeness (QED) is 0.551. The molecule has 0 saturated carbocycles. The van der Waals surface area contributed by atoms with Gasteiger partial charge in [-0.2, -0.15) is 0 Å². The summed E-state index contributed by atoms with van der Waals surface area (Å²) in [5, 5.41) is 6.08. The number of fused-ring (bicyclic) bond motifs is 1. The second kappa shape index (κ2) is 11.4. The third-order valence-electron chi connectivity index (χ3n) is 3.19. The van der Waals surface area contributed by atoms with Gasteiger partial charge in [0.1, 0.15) is 0 Å². The Morgan fingerprint density at radius 2 is 2.00 bits per heavy atom. The van der Waals surface area contributed by atoms with Gasteiger partial charge in [-0.15, -0.1) is 24.2 Å². The Bertz CT molecular complexity index is 488. The summed E-state index contributed by atoms with van der Waals surface area (Å²) in [6, 6.07) is 5.95. The number of hydrogen-bond donors (Lipinski definition) is 2. The van der Waals surface area contributed by atoms with Gasteiger partial charge in [-0.3, -0.25) is 4.79 Å². The molecule has 1 aromatic rings. The Balaban J connectivity index is 0.00000264. The third-order valence-corrected chi connectivity index (χ3v) is 4.19. The Hall–Kier alpha value is -1.11. The largest absolute Gasteiger partial charge is 0.490 e. The first-order valence-electron chi connectivity index (χ1n) is 7.79. The maximum Gasteiger partial charge on any atom is 0.220 e. The first-order chi connectivity index (χ1) is 10.8. The molecular formula is C16H25ClN2O3S. The molecule has 130 valence electrons. The van der Waals surface area contributed by atoms with Crippen LogP contribution < -0.4 is 20.1 Å². The van der Waals surface area contributed by atoms with Crippen molar-refractivity contribution in [2.75, 3.05) is 38.6 Å². The molecule has 0 aromatic heterocycles. The van der Waals surface area contributed by atoms with Gasteiger partial charge in [-0.05, 0) is 24.7 Å². The van der Waals surface area contributed by atoms with Crippen LogP contribution in [0.2, 0.25) is 0 Å². The number of carbonyl (C=O) groups is 1. The van der Waals surface area contributed by atoms with E-state index in [-0.39, 0.29) is 18.3 Å². The summed E-state index contributed by atoms with van der Waals surface area (Å²) in [6.45, 7) is 5.87. The van der Waals surface area contributed by atoms with Crippen molar-refractivity contribution < 1.29 is 14.3 Å². The van der Waals surface area contributed by atoms with Crippen LogP contribution in [-0.2, 0) is 4.79 Å². The lowest BCUT2D eigenvalue weighted by Gasteiger charge is -2.09. The van der Waals surface area contributed by atoms with Crippen molar-refractivity contribution in [3.63, 3.8) is 0 Å². The Labute approximate surface area is 148 Å². The molecule has 1 aromatic carbocycles. The van der Waals surface area contributed by atoms with Crippen LogP contribution in [0.25, 0.3) is 0 Å². The monoisotopic (exact) mass is 360 g/mol. The van der Waals surface area contributed by atoms with Crippen LogP contribution in [0.1, 0.15) is 19.8 Å². The summed E-state index contributed by atoms with van der Waals surface area (Å²) in [7, 11) is 0. The third kappa shape index (κ3) is 7.33.